The number of carbonyl (C=O) groups excluding carboxylic acids is 1. The molecule has 2 heteroatoms. The fourth-order valence-electron chi connectivity index (χ4n) is 3.08. The molecule has 0 aromatic heterocycles. The summed E-state index contributed by atoms with van der Waals surface area (Å²) >= 11 is 0. The molecule has 0 saturated carbocycles. The Balaban J connectivity index is 1.81. The van der Waals surface area contributed by atoms with E-state index in [0.29, 0.717) is 11.7 Å². The molecule has 3 aliphatic heterocycles. The summed E-state index contributed by atoms with van der Waals surface area (Å²) in [5.41, 5.74) is 0.890. The first kappa shape index (κ1) is 10.0. The van der Waals surface area contributed by atoms with Gasteiger partial charge in [0.2, 0.25) is 0 Å². The summed E-state index contributed by atoms with van der Waals surface area (Å²) in [6, 6.07) is 9.76. The topological polar surface area (TPSA) is 20.3 Å². The quantitative estimate of drug-likeness (QED) is 0.705. The van der Waals surface area contributed by atoms with Crippen molar-refractivity contribution in [3.05, 3.63) is 35.9 Å². The molecular formula is C14H17NO. The van der Waals surface area contributed by atoms with E-state index in [4.69, 9.17) is 0 Å². The molecule has 3 saturated heterocycles. The summed E-state index contributed by atoms with van der Waals surface area (Å²) < 4.78 is 0. The molecule has 16 heavy (non-hydrogen) atoms. The lowest BCUT2D eigenvalue weighted by molar-refractivity contribution is 0.0419. The third-order valence-corrected chi connectivity index (χ3v) is 4.05. The maximum Gasteiger partial charge on any atom is 0.167 e. The summed E-state index contributed by atoms with van der Waals surface area (Å²) in [6.07, 6.45) is 2.42. The van der Waals surface area contributed by atoms with Crippen LogP contribution in [0, 0.1) is 11.8 Å². The molecule has 1 aromatic carbocycles. The first-order chi connectivity index (χ1) is 7.84. The Hall–Kier alpha value is -1.15. The number of Topliss-reactive ketones (excluding diaryl/α,β-unsaturated/α-hetero) is 1. The summed E-state index contributed by atoms with van der Waals surface area (Å²) in [7, 11) is 0. The van der Waals surface area contributed by atoms with Gasteiger partial charge in [0.1, 0.15) is 0 Å². The van der Waals surface area contributed by atoms with Gasteiger partial charge in [0, 0.05) is 18.0 Å². The molecule has 0 aliphatic carbocycles. The molecule has 0 N–H and O–H groups in total. The Morgan fingerprint density at radius 3 is 2.38 bits per heavy atom. The maximum absolute atomic E-state index is 12.4. The van der Waals surface area contributed by atoms with Crippen LogP contribution >= 0.6 is 0 Å². The van der Waals surface area contributed by atoms with Crippen molar-refractivity contribution in [1.29, 1.82) is 0 Å². The smallest absolute Gasteiger partial charge is 0.167 e. The average molecular weight is 215 g/mol. The zero-order valence-corrected chi connectivity index (χ0v) is 9.43. The van der Waals surface area contributed by atoms with Crippen molar-refractivity contribution in [2.45, 2.75) is 12.8 Å². The Kier molecular flexibility index (Phi) is 2.52. The third kappa shape index (κ3) is 1.67. The monoisotopic (exact) mass is 215 g/mol. The van der Waals surface area contributed by atoms with Gasteiger partial charge in [-0.1, -0.05) is 30.3 Å². The first-order valence-electron chi connectivity index (χ1n) is 6.16. The summed E-state index contributed by atoms with van der Waals surface area (Å²) in [5.74, 6) is 1.25. The number of benzene rings is 1. The number of hydrogen-bond acceptors (Lipinski definition) is 2. The highest BCUT2D eigenvalue weighted by Gasteiger charge is 2.38. The van der Waals surface area contributed by atoms with Crippen LogP contribution in [0.25, 0.3) is 0 Å². The molecule has 0 amide bonds. The van der Waals surface area contributed by atoms with Crippen LogP contribution in [0.4, 0.5) is 0 Å². The molecular weight excluding hydrogens is 198 g/mol. The van der Waals surface area contributed by atoms with Crippen LogP contribution in [0.15, 0.2) is 30.3 Å². The molecule has 4 rings (SSSR count). The van der Waals surface area contributed by atoms with Crippen LogP contribution in [0.2, 0.25) is 0 Å². The summed E-state index contributed by atoms with van der Waals surface area (Å²) in [4.78, 5) is 14.8. The molecule has 84 valence electrons. The van der Waals surface area contributed by atoms with Gasteiger partial charge in [-0.3, -0.25) is 4.79 Å². The summed E-state index contributed by atoms with van der Waals surface area (Å²) in [6.45, 7) is 3.38. The standard InChI is InChI=1S/C14H17NO/c16-14(12-4-2-1-3-5-12)13-10-15-8-6-11(13)7-9-15/h1-5,11,13H,6-10H2/t13-/m1/s1. The Morgan fingerprint density at radius 1 is 1.12 bits per heavy atom. The maximum atomic E-state index is 12.4. The molecule has 3 heterocycles. The highest BCUT2D eigenvalue weighted by molar-refractivity contribution is 5.98. The lowest BCUT2D eigenvalue weighted by Crippen LogP contribution is -2.50. The van der Waals surface area contributed by atoms with Crippen molar-refractivity contribution in [3.8, 4) is 0 Å². The van der Waals surface area contributed by atoms with Crippen LogP contribution in [0.1, 0.15) is 23.2 Å². The van der Waals surface area contributed by atoms with E-state index in [1.165, 1.54) is 25.9 Å². The van der Waals surface area contributed by atoms with Crippen molar-refractivity contribution < 1.29 is 4.79 Å². The predicted octanol–water partition coefficient (Wildman–Crippen LogP) is 2.21. The lowest BCUT2D eigenvalue weighted by Gasteiger charge is -2.44. The van der Waals surface area contributed by atoms with E-state index in [-0.39, 0.29) is 5.92 Å². The molecule has 3 aliphatic rings. The largest absolute Gasteiger partial charge is 0.303 e. The van der Waals surface area contributed by atoms with E-state index in [1.54, 1.807) is 0 Å². The second-order valence-corrected chi connectivity index (χ2v) is 4.97. The first-order valence-corrected chi connectivity index (χ1v) is 6.16. The van der Waals surface area contributed by atoms with Gasteiger partial charge in [-0.05, 0) is 31.8 Å². The zero-order chi connectivity index (χ0) is 11.0. The fraction of sp³-hybridized carbons (Fsp3) is 0.500. The minimum atomic E-state index is 0.255. The average Bonchev–Trinajstić information content (AvgIpc) is 2.40. The fourth-order valence-corrected chi connectivity index (χ4v) is 3.08. The minimum absolute atomic E-state index is 0.255. The van der Waals surface area contributed by atoms with Gasteiger partial charge >= 0.3 is 0 Å². The molecule has 1 atom stereocenters. The van der Waals surface area contributed by atoms with E-state index < -0.39 is 0 Å². The van der Waals surface area contributed by atoms with Crippen LogP contribution in [-0.4, -0.2) is 30.3 Å². The van der Waals surface area contributed by atoms with Gasteiger partial charge in [0.25, 0.3) is 0 Å². The number of ketones is 1. The molecule has 2 bridgehead atoms. The Labute approximate surface area is 96.3 Å². The normalized spacial score (nSPS) is 32.6. The third-order valence-electron chi connectivity index (χ3n) is 4.05. The van der Waals surface area contributed by atoms with Gasteiger partial charge in [0.15, 0.2) is 5.78 Å². The lowest BCUT2D eigenvalue weighted by atomic mass is 9.75. The minimum Gasteiger partial charge on any atom is -0.303 e. The van der Waals surface area contributed by atoms with E-state index in [1.807, 2.05) is 30.3 Å². The van der Waals surface area contributed by atoms with Crippen molar-refractivity contribution in [1.82, 2.24) is 4.90 Å². The predicted molar refractivity (Wildman–Crippen MR) is 63.4 cm³/mol. The van der Waals surface area contributed by atoms with Crippen molar-refractivity contribution in [2.75, 3.05) is 19.6 Å². The van der Waals surface area contributed by atoms with E-state index in [0.717, 1.165) is 12.1 Å². The van der Waals surface area contributed by atoms with Crippen LogP contribution in [0.3, 0.4) is 0 Å². The van der Waals surface area contributed by atoms with Crippen LogP contribution in [-0.2, 0) is 0 Å². The van der Waals surface area contributed by atoms with Gasteiger partial charge in [-0.15, -0.1) is 0 Å². The molecule has 2 nitrogen and oxygen atoms in total. The number of nitrogens with zero attached hydrogens (tertiary/aromatic N) is 1. The number of carbonyl (C=O) groups is 1. The molecule has 1 aromatic rings. The van der Waals surface area contributed by atoms with Crippen molar-refractivity contribution >= 4 is 5.78 Å². The Bertz CT molecular complexity index is 379. The molecule has 0 unspecified atom stereocenters. The second kappa shape index (κ2) is 4.02. The van der Waals surface area contributed by atoms with Gasteiger partial charge in [0.05, 0.1) is 0 Å². The number of fused-ring (bicyclic) bond motifs is 3. The summed E-state index contributed by atoms with van der Waals surface area (Å²) in [5, 5.41) is 0. The number of hydrogen-bond donors (Lipinski definition) is 0. The Morgan fingerprint density at radius 2 is 1.81 bits per heavy atom. The van der Waals surface area contributed by atoms with Gasteiger partial charge in [-0.25, -0.2) is 0 Å². The van der Waals surface area contributed by atoms with Gasteiger partial charge in [-0.2, -0.15) is 0 Å². The molecule has 0 radical (unpaired) electrons. The second-order valence-electron chi connectivity index (χ2n) is 4.97. The number of piperidine rings is 3. The van der Waals surface area contributed by atoms with Gasteiger partial charge < -0.3 is 4.90 Å². The molecule has 0 spiro atoms. The number of rotatable bonds is 2. The van der Waals surface area contributed by atoms with E-state index in [9.17, 15) is 4.79 Å². The van der Waals surface area contributed by atoms with Crippen LogP contribution < -0.4 is 0 Å². The van der Waals surface area contributed by atoms with Crippen molar-refractivity contribution in [2.24, 2.45) is 11.8 Å². The van der Waals surface area contributed by atoms with Crippen LogP contribution in [0.5, 0.6) is 0 Å². The SMILES string of the molecule is O=C(c1ccccc1)[C@@H]1CN2CCC1CC2. The van der Waals surface area contributed by atoms with E-state index >= 15 is 0 Å². The highest BCUT2D eigenvalue weighted by Crippen LogP contribution is 2.34. The highest BCUT2D eigenvalue weighted by atomic mass is 16.1. The zero-order valence-electron chi connectivity index (χ0n) is 9.43. The van der Waals surface area contributed by atoms with E-state index in [2.05, 4.69) is 4.90 Å². The molecule has 3 fully saturated rings. The van der Waals surface area contributed by atoms with Crippen molar-refractivity contribution in [3.63, 3.8) is 0 Å².